The zero-order chi connectivity index (χ0) is 16.9. The fraction of sp³-hybridized carbons (Fsp3) is 0.824. The molecule has 1 aromatic rings. The zero-order valence-corrected chi connectivity index (χ0v) is 14.9. The molecule has 7 nitrogen and oxygen atoms in total. The molecule has 1 aromatic heterocycles. The van der Waals surface area contributed by atoms with Gasteiger partial charge in [-0.05, 0) is 19.9 Å². The summed E-state index contributed by atoms with van der Waals surface area (Å²) >= 11 is 0. The van der Waals surface area contributed by atoms with E-state index in [1.165, 1.54) is 5.69 Å². The highest BCUT2D eigenvalue weighted by Gasteiger charge is 2.24. The van der Waals surface area contributed by atoms with Gasteiger partial charge in [-0.2, -0.15) is 5.10 Å². The molecule has 2 unspecified atom stereocenters. The minimum absolute atomic E-state index is 0.132. The maximum absolute atomic E-state index is 10.4. The summed E-state index contributed by atoms with van der Waals surface area (Å²) in [6, 6.07) is 2.09. The molecule has 1 N–H and O–H groups in total. The van der Waals surface area contributed by atoms with Crippen molar-refractivity contribution in [3.63, 3.8) is 0 Å². The molecular formula is C17H30N4O3. The minimum Gasteiger partial charge on any atom is -0.390 e. The van der Waals surface area contributed by atoms with Crippen LogP contribution in [0.5, 0.6) is 0 Å². The molecular weight excluding hydrogens is 308 g/mol. The van der Waals surface area contributed by atoms with Crippen LogP contribution >= 0.6 is 0 Å². The molecule has 136 valence electrons. The van der Waals surface area contributed by atoms with Crippen molar-refractivity contribution >= 4 is 0 Å². The lowest BCUT2D eigenvalue weighted by Gasteiger charge is -2.35. The smallest absolute Gasteiger partial charge is 0.0898 e. The minimum atomic E-state index is -0.324. The summed E-state index contributed by atoms with van der Waals surface area (Å²) in [5.41, 5.74) is 2.21. The first-order valence-corrected chi connectivity index (χ1v) is 8.93. The van der Waals surface area contributed by atoms with Crippen LogP contribution in [-0.4, -0.2) is 96.0 Å². The summed E-state index contributed by atoms with van der Waals surface area (Å²) in [5.74, 6) is 0. The van der Waals surface area contributed by atoms with Gasteiger partial charge in [-0.3, -0.25) is 14.5 Å². The van der Waals surface area contributed by atoms with Crippen molar-refractivity contribution in [2.24, 2.45) is 0 Å². The summed E-state index contributed by atoms with van der Waals surface area (Å²) < 4.78 is 13.3. The molecule has 0 aliphatic carbocycles. The standard InChI is InChI=1S/C17H30N4O3/c1-14-9-15(2)21(18-14)13-17-12-20(5-8-24-17)11-16(22)10-19-3-6-23-7-4-19/h9,16-17,22H,3-8,10-13H2,1-2H3. The van der Waals surface area contributed by atoms with E-state index >= 15 is 0 Å². The number of nitrogens with zero attached hydrogens (tertiary/aromatic N) is 4. The highest BCUT2D eigenvalue weighted by Crippen LogP contribution is 2.11. The Morgan fingerprint density at radius 3 is 2.58 bits per heavy atom. The zero-order valence-electron chi connectivity index (χ0n) is 14.9. The molecule has 0 radical (unpaired) electrons. The monoisotopic (exact) mass is 338 g/mol. The predicted molar refractivity (Wildman–Crippen MR) is 91.1 cm³/mol. The van der Waals surface area contributed by atoms with Gasteiger partial charge in [-0.15, -0.1) is 0 Å². The fourth-order valence-electron chi connectivity index (χ4n) is 3.55. The lowest BCUT2D eigenvalue weighted by Crippen LogP contribution is -2.49. The normalized spacial score (nSPS) is 25.0. The number of hydrogen-bond acceptors (Lipinski definition) is 6. The van der Waals surface area contributed by atoms with E-state index in [1.54, 1.807) is 0 Å². The molecule has 2 aliphatic heterocycles. The van der Waals surface area contributed by atoms with E-state index in [0.717, 1.165) is 58.2 Å². The van der Waals surface area contributed by atoms with Crippen LogP contribution < -0.4 is 0 Å². The van der Waals surface area contributed by atoms with Crippen molar-refractivity contribution in [1.82, 2.24) is 19.6 Å². The number of β-amino-alcohol motifs (C(OH)–C–C–N with tert-alkyl or cyclic N) is 1. The summed E-state index contributed by atoms with van der Waals surface area (Å²) in [6.07, 6.45) is -0.192. The maximum atomic E-state index is 10.4. The van der Waals surface area contributed by atoms with Gasteiger partial charge in [0.15, 0.2) is 0 Å². The highest BCUT2D eigenvalue weighted by atomic mass is 16.5. The Labute approximate surface area is 144 Å². The first kappa shape index (κ1) is 17.8. The third-order valence-corrected chi connectivity index (χ3v) is 4.74. The quantitative estimate of drug-likeness (QED) is 0.781. The number of aryl methyl sites for hydroxylation is 2. The van der Waals surface area contributed by atoms with Gasteiger partial charge >= 0.3 is 0 Å². The molecule has 0 saturated carbocycles. The van der Waals surface area contributed by atoms with Crippen LogP contribution in [0.4, 0.5) is 0 Å². The second-order valence-corrected chi connectivity index (χ2v) is 6.93. The number of aliphatic hydroxyl groups excluding tert-OH is 1. The molecule has 2 fully saturated rings. The summed E-state index contributed by atoms with van der Waals surface area (Å²) in [5, 5.41) is 14.9. The molecule has 0 bridgehead atoms. The number of aliphatic hydroxyl groups is 1. The average molecular weight is 338 g/mol. The van der Waals surface area contributed by atoms with Gasteiger partial charge in [0.05, 0.1) is 44.3 Å². The van der Waals surface area contributed by atoms with Crippen molar-refractivity contribution < 1.29 is 14.6 Å². The summed E-state index contributed by atoms with van der Waals surface area (Å²) in [6.45, 7) is 12.1. The number of hydrogen-bond donors (Lipinski definition) is 1. The number of aromatic nitrogens is 2. The van der Waals surface area contributed by atoms with Crippen LogP contribution in [0.15, 0.2) is 6.07 Å². The summed E-state index contributed by atoms with van der Waals surface area (Å²) in [7, 11) is 0. The van der Waals surface area contributed by atoms with Crippen molar-refractivity contribution in [1.29, 1.82) is 0 Å². The maximum Gasteiger partial charge on any atom is 0.0898 e. The molecule has 0 aromatic carbocycles. The van der Waals surface area contributed by atoms with Crippen LogP contribution in [-0.2, 0) is 16.0 Å². The third kappa shape index (κ3) is 5.00. The van der Waals surface area contributed by atoms with Crippen LogP contribution in [0.25, 0.3) is 0 Å². The second kappa shape index (κ2) is 8.40. The number of morpholine rings is 2. The lowest BCUT2D eigenvalue weighted by molar-refractivity contribution is -0.0540. The Hall–Kier alpha value is -0.990. The van der Waals surface area contributed by atoms with E-state index in [9.17, 15) is 5.11 Å². The Balaban J connectivity index is 1.45. The Morgan fingerprint density at radius 2 is 1.88 bits per heavy atom. The molecule has 24 heavy (non-hydrogen) atoms. The van der Waals surface area contributed by atoms with E-state index in [0.29, 0.717) is 13.2 Å². The Morgan fingerprint density at radius 1 is 1.17 bits per heavy atom. The van der Waals surface area contributed by atoms with Gasteiger partial charge in [0.1, 0.15) is 0 Å². The van der Waals surface area contributed by atoms with Crippen molar-refractivity contribution in [3.05, 3.63) is 17.5 Å². The third-order valence-electron chi connectivity index (χ3n) is 4.74. The first-order valence-electron chi connectivity index (χ1n) is 8.93. The van der Waals surface area contributed by atoms with E-state index in [-0.39, 0.29) is 12.2 Å². The Bertz CT molecular complexity index is 516. The molecule has 2 atom stereocenters. The molecule has 0 spiro atoms. The van der Waals surface area contributed by atoms with Crippen molar-refractivity contribution in [2.45, 2.75) is 32.6 Å². The largest absolute Gasteiger partial charge is 0.390 e. The molecule has 2 aliphatic rings. The fourth-order valence-corrected chi connectivity index (χ4v) is 3.55. The van der Waals surface area contributed by atoms with Gasteiger partial charge in [0.2, 0.25) is 0 Å². The predicted octanol–water partition coefficient (Wildman–Crippen LogP) is -0.106. The highest BCUT2D eigenvalue weighted by molar-refractivity contribution is 5.06. The van der Waals surface area contributed by atoms with Crippen molar-refractivity contribution in [3.8, 4) is 0 Å². The van der Waals surface area contributed by atoms with Gasteiger partial charge in [-0.25, -0.2) is 0 Å². The van der Waals surface area contributed by atoms with Crippen LogP contribution in [0.2, 0.25) is 0 Å². The topological polar surface area (TPSA) is 63.0 Å². The van der Waals surface area contributed by atoms with E-state index < -0.39 is 0 Å². The average Bonchev–Trinajstić information content (AvgIpc) is 2.86. The van der Waals surface area contributed by atoms with Gasteiger partial charge < -0.3 is 14.6 Å². The van der Waals surface area contributed by atoms with E-state index in [2.05, 4.69) is 27.9 Å². The van der Waals surface area contributed by atoms with Crippen LogP contribution in [0.1, 0.15) is 11.4 Å². The lowest BCUT2D eigenvalue weighted by atomic mass is 10.2. The van der Waals surface area contributed by atoms with Gasteiger partial charge in [0.25, 0.3) is 0 Å². The SMILES string of the molecule is Cc1cc(C)n(CC2CN(CC(O)CN3CCOCC3)CCO2)n1. The van der Waals surface area contributed by atoms with Gasteiger partial charge in [-0.1, -0.05) is 0 Å². The molecule has 3 heterocycles. The van der Waals surface area contributed by atoms with Crippen LogP contribution in [0.3, 0.4) is 0 Å². The molecule has 2 saturated heterocycles. The number of rotatable bonds is 6. The second-order valence-electron chi connectivity index (χ2n) is 6.93. The number of ether oxygens (including phenoxy) is 2. The van der Waals surface area contributed by atoms with Crippen LogP contribution in [0, 0.1) is 13.8 Å². The van der Waals surface area contributed by atoms with E-state index in [1.807, 2.05) is 11.6 Å². The molecule has 7 heteroatoms. The van der Waals surface area contributed by atoms with Gasteiger partial charge in [0, 0.05) is 45.0 Å². The molecule has 3 rings (SSSR count). The van der Waals surface area contributed by atoms with Crippen molar-refractivity contribution in [2.75, 3.05) is 59.1 Å². The first-order chi connectivity index (χ1) is 11.6. The molecule has 0 amide bonds. The summed E-state index contributed by atoms with van der Waals surface area (Å²) in [4.78, 5) is 4.59. The Kier molecular flexibility index (Phi) is 6.24. The van der Waals surface area contributed by atoms with E-state index in [4.69, 9.17) is 9.47 Å².